The van der Waals surface area contributed by atoms with E-state index < -0.39 is 11.9 Å². The summed E-state index contributed by atoms with van der Waals surface area (Å²) in [4.78, 5) is 23.2. The van der Waals surface area contributed by atoms with Crippen LogP contribution in [0.3, 0.4) is 0 Å². The van der Waals surface area contributed by atoms with E-state index in [1.54, 1.807) is 31.2 Å². The molecule has 2 aromatic rings. The summed E-state index contributed by atoms with van der Waals surface area (Å²) < 4.78 is 0. The van der Waals surface area contributed by atoms with Crippen molar-refractivity contribution in [2.45, 2.75) is 26.3 Å². The highest BCUT2D eigenvalue weighted by Gasteiger charge is 2.13. The second-order valence-electron chi connectivity index (χ2n) is 5.35. The molecule has 0 fully saturated rings. The molecule has 4 N–H and O–H groups in total. The van der Waals surface area contributed by atoms with Crippen LogP contribution in [0.5, 0.6) is 0 Å². The Balaban J connectivity index is 1.94. The van der Waals surface area contributed by atoms with Crippen molar-refractivity contribution >= 4 is 23.2 Å². The first-order chi connectivity index (χ1) is 11.0. The van der Waals surface area contributed by atoms with Gasteiger partial charge in [0.2, 0.25) is 11.8 Å². The predicted octanol–water partition coefficient (Wildman–Crippen LogP) is 2.79. The number of carbonyl (C=O) groups excluding carboxylic acids is 2. The average Bonchev–Trinajstić information content (AvgIpc) is 2.56. The maximum absolute atomic E-state index is 12.2. The minimum atomic E-state index is -0.474. The van der Waals surface area contributed by atoms with Gasteiger partial charge >= 0.3 is 0 Å². The minimum Gasteiger partial charge on any atom is -0.374 e. The lowest BCUT2D eigenvalue weighted by atomic mass is 10.1. The van der Waals surface area contributed by atoms with Gasteiger partial charge in [0.15, 0.2) is 0 Å². The minimum absolute atomic E-state index is 0.131. The van der Waals surface area contributed by atoms with E-state index in [1.165, 1.54) is 5.56 Å². The Hall–Kier alpha value is -2.82. The maximum atomic E-state index is 12.2. The van der Waals surface area contributed by atoms with Gasteiger partial charge in [0.25, 0.3) is 0 Å². The van der Waals surface area contributed by atoms with Crippen LogP contribution in [0.2, 0.25) is 0 Å². The van der Waals surface area contributed by atoms with Gasteiger partial charge in [-0.3, -0.25) is 9.59 Å². The van der Waals surface area contributed by atoms with Crippen molar-refractivity contribution in [2.24, 2.45) is 5.73 Å². The van der Waals surface area contributed by atoms with E-state index in [1.807, 2.05) is 24.3 Å². The highest BCUT2D eigenvalue weighted by molar-refractivity contribution is 5.96. The Bertz CT molecular complexity index is 678. The van der Waals surface area contributed by atoms with Crippen molar-refractivity contribution < 1.29 is 9.59 Å². The summed E-state index contributed by atoms with van der Waals surface area (Å²) >= 11 is 0. The Morgan fingerprint density at radius 2 is 1.57 bits per heavy atom. The van der Waals surface area contributed by atoms with Gasteiger partial charge in [-0.1, -0.05) is 19.1 Å². The number of carbonyl (C=O) groups is 2. The summed E-state index contributed by atoms with van der Waals surface area (Å²) in [5.41, 5.74) is 8.37. The van der Waals surface area contributed by atoms with E-state index in [-0.39, 0.29) is 5.91 Å². The highest BCUT2D eigenvalue weighted by atomic mass is 16.2. The second kappa shape index (κ2) is 7.45. The van der Waals surface area contributed by atoms with Crippen LogP contribution in [0.4, 0.5) is 11.4 Å². The Morgan fingerprint density at radius 3 is 2.09 bits per heavy atom. The number of anilines is 2. The fourth-order valence-corrected chi connectivity index (χ4v) is 2.12. The van der Waals surface area contributed by atoms with E-state index in [9.17, 15) is 9.59 Å². The quantitative estimate of drug-likeness (QED) is 0.767. The van der Waals surface area contributed by atoms with E-state index >= 15 is 0 Å². The summed E-state index contributed by atoms with van der Waals surface area (Å²) in [5.74, 6) is -0.605. The number of amides is 2. The zero-order valence-electron chi connectivity index (χ0n) is 13.3. The summed E-state index contributed by atoms with van der Waals surface area (Å²) in [6, 6.07) is 14.1. The standard InChI is InChI=1S/C18H21N3O2/c1-3-13-4-8-16(9-5-13)21-18(23)12(2)20-15-10-6-14(7-11-15)17(19)22/h4-12,20H,3H2,1-2H3,(H2,19,22)(H,21,23)/t12-/m1/s1. The fourth-order valence-electron chi connectivity index (χ4n) is 2.12. The third-order valence-electron chi connectivity index (χ3n) is 3.58. The molecule has 2 amide bonds. The molecule has 0 unspecified atom stereocenters. The number of primary amides is 1. The van der Waals surface area contributed by atoms with Crippen molar-refractivity contribution in [2.75, 3.05) is 10.6 Å². The number of benzene rings is 2. The number of rotatable bonds is 6. The van der Waals surface area contributed by atoms with Crippen LogP contribution in [0.15, 0.2) is 48.5 Å². The van der Waals surface area contributed by atoms with E-state index in [0.717, 1.165) is 17.8 Å². The molecule has 0 aliphatic heterocycles. The van der Waals surface area contributed by atoms with Gasteiger partial charge in [0.05, 0.1) is 0 Å². The number of nitrogens with one attached hydrogen (secondary N) is 2. The maximum Gasteiger partial charge on any atom is 0.248 e. The molecule has 23 heavy (non-hydrogen) atoms. The lowest BCUT2D eigenvalue weighted by Crippen LogP contribution is -2.31. The van der Waals surface area contributed by atoms with E-state index in [0.29, 0.717) is 5.56 Å². The van der Waals surface area contributed by atoms with Gasteiger partial charge in [-0.05, 0) is 55.3 Å². The molecule has 0 heterocycles. The van der Waals surface area contributed by atoms with Gasteiger partial charge < -0.3 is 16.4 Å². The van der Waals surface area contributed by atoms with E-state index in [4.69, 9.17) is 5.73 Å². The van der Waals surface area contributed by atoms with E-state index in [2.05, 4.69) is 17.6 Å². The lowest BCUT2D eigenvalue weighted by Gasteiger charge is -2.15. The monoisotopic (exact) mass is 311 g/mol. The molecule has 5 nitrogen and oxygen atoms in total. The Morgan fingerprint density at radius 1 is 1.00 bits per heavy atom. The van der Waals surface area contributed by atoms with Gasteiger partial charge in [-0.25, -0.2) is 0 Å². The molecule has 120 valence electrons. The average molecular weight is 311 g/mol. The van der Waals surface area contributed by atoms with Crippen molar-refractivity contribution in [3.05, 3.63) is 59.7 Å². The molecule has 0 aliphatic rings. The van der Waals surface area contributed by atoms with Gasteiger partial charge in [0.1, 0.15) is 6.04 Å². The summed E-state index contributed by atoms with van der Waals surface area (Å²) in [6.45, 7) is 3.86. The molecule has 0 saturated carbocycles. The highest BCUT2D eigenvalue weighted by Crippen LogP contribution is 2.13. The summed E-state index contributed by atoms with van der Waals surface area (Å²) in [7, 11) is 0. The van der Waals surface area contributed by atoms with Crippen molar-refractivity contribution in [3.8, 4) is 0 Å². The van der Waals surface area contributed by atoms with Gasteiger partial charge in [-0.2, -0.15) is 0 Å². The first-order valence-corrected chi connectivity index (χ1v) is 7.56. The SMILES string of the molecule is CCc1ccc(NC(=O)[C@@H](C)Nc2ccc(C(N)=O)cc2)cc1. The van der Waals surface area contributed by atoms with Gasteiger partial charge in [-0.15, -0.1) is 0 Å². The molecule has 2 aromatic carbocycles. The molecule has 0 bridgehead atoms. The van der Waals surface area contributed by atoms with Crippen LogP contribution < -0.4 is 16.4 Å². The van der Waals surface area contributed by atoms with Gasteiger partial charge in [0, 0.05) is 16.9 Å². The predicted molar refractivity (Wildman–Crippen MR) is 92.5 cm³/mol. The van der Waals surface area contributed by atoms with Crippen molar-refractivity contribution in [1.29, 1.82) is 0 Å². The number of aryl methyl sites for hydroxylation is 1. The second-order valence-corrected chi connectivity index (χ2v) is 5.35. The molecule has 0 radical (unpaired) electrons. The van der Waals surface area contributed by atoms with Crippen LogP contribution in [0, 0.1) is 0 Å². The fraction of sp³-hybridized carbons (Fsp3) is 0.222. The smallest absolute Gasteiger partial charge is 0.248 e. The Labute approximate surface area is 135 Å². The summed E-state index contributed by atoms with van der Waals surface area (Å²) in [6.07, 6.45) is 0.966. The van der Waals surface area contributed by atoms with Crippen LogP contribution in [0.25, 0.3) is 0 Å². The van der Waals surface area contributed by atoms with Crippen molar-refractivity contribution in [3.63, 3.8) is 0 Å². The molecule has 2 rings (SSSR count). The summed E-state index contributed by atoms with van der Waals surface area (Å²) in [5, 5.41) is 5.95. The third kappa shape index (κ3) is 4.57. The lowest BCUT2D eigenvalue weighted by molar-refractivity contribution is -0.116. The van der Waals surface area contributed by atoms with Crippen LogP contribution in [-0.4, -0.2) is 17.9 Å². The molecule has 1 atom stereocenters. The number of hydrogen-bond acceptors (Lipinski definition) is 3. The first kappa shape index (κ1) is 16.5. The third-order valence-corrected chi connectivity index (χ3v) is 3.58. The number of hydrogen-bond donors (Lipinski definition) is 3. The van der Waals surface area contributed by atoms with Crippen LogP contribution in [0.1, 0.15) is 29.8 Å². The topological polar surface area (TPSA) is 84.2 Å². The number of nitrogens with two attached hydrogens (primary N) is 1. The molecule has 0 saturated heterocycles. The molecular weight excluding hydrogens is 290 g/mol. The largest absolute Gasteiger partial charge is 0.374 e. The first-order valence-electron chi connectivity index (χ1n) is 7.56. The van der Waals surface area contributed by atoms with Crippen LogP contribution in [-0.2, 0) is 11.2 Å². The molecule has 0 spiro atoms. The van der Waals surface area contributed by atoms with Crippen molar-refractivity contribution in [1.82, 2.24) is 0 Å². The molecule has 0 aliphatic carbocycles. The molecular formula is C18H21N3O2. The molecule has 5 heteroatoms. The molecule has 0 aromatic heterocycles. The zero-order chi connectivity index (χ0) is 16.8. The zero-order valence-corrected chi connectivity index (χ0v) is 13.3. The normalized spacial score (nSPS) is 11.6. The van der Waals surface area contributed by atoms with Crippen LogP contribution >= 0.6 is 0 Å². The Kier molecular flexibility index (Phi) is 5.36.